The fourth-order valence-corrected chi connectivity index (χ4v) is 3.25. The van der Waals surface area contributed by atoms with Crippen molar-refractivity contribution in [3.8, 4) is 5.75 Å². The molecule has 2 aromatic carbocycles. The molecule has 7 heteroatoms. The Labute approximate surface area is 173 Å². The maximum Gasteiger partial charge on any atom is 0.340 e. The topological polar surface area (TPSA) is 106 Å². The van der Waals surface area contributed by atoms with Crippen molar-refractivity contribution >= 4 is 22.8 Å². The number of carboxylic acids is 1. The number of hydrogen-bond acceptors (Lipinski definition) is 5. The van der Waals surface area contributed by atoms with Crippen molar-refractivity contribution in [1.82, 2.24) is 5.32 Å². The van der Waals surface area contributed by atoms with Gasteiger partial charge in [-0.25, -0.2) is 4.79 Å². The molecular formula is C23H23NO6. The van der Waals surface area contributed by atoms with E-state index in [2.05, 4.69) is 5.32 Å². The highest BCUT2D eigenvalue weighted by Crippen LogP contribution is 2.30. The molecule has 1 atom stereocenters. The number of amides is 1. The molecule has 0 aliphatic heterocycles. The minimum atomic E-state index is -1.14. The fraction of sp³-hybridized carbons (Fsp3) is 0.261. The zero-order valence-corrected chi connectivity index (χ0v) is 17.0. The summed E-state index contributed by atoms with van der Waals surface area (Å²) in [5.74, 6) is -1.30. The maximum atomic E-state index is 12.7. The number of benzene rings is 2. The van der Waals surface area contributed by atoms with Crippen LogP contribution in [0.3, 0.4) is 0 Å². The fourth-order valence-electron chi connectivity index (χ4n) is 3.25. The minimum absolute atomic E-state index is 0.388. The van der Waals surface area contributed by atoms with Gasteiger partial charge in [-0.3, -0.25) is 9.59 Å². The summed E-state index contributed by atoms with van der Waals surface area (Å²) in [6.07, 6.45) is -0.436. The van der Waals surface area contributed by atoms with Gasteiger partial charge in [0.15, 0.2) is 6.10 Å². The van der Waals surface area contributed by atoms with Gasteiger partial charge in [-0.2, -0.15) is 0 Å². The highest BCUT2D eigenvalue weighted by molar-refractivity contribution is 5.87. The lowest BCUT2D eigenvalue weighted by molar-refractivity contribution is -0.139. The summed E-state index contributed by atoms with van der Waals surface area (Å²) in [6, 6.07) is 13.2. The number of aliphatic carboxylic acids is 1. The van der Waals surface area contributed by atoms with Gasteiger partial charge in [0.05, 0.1) is 0 Å². The Hall–Kier alpha value is -3.61. The standard InChI is InChI=1S/C23H23NO6/c1-13-17-9-10-19(29-15(3)22(27)24-12-20(25)26)14(2)21(17)30-23(28)18(13)11-16-7-5-4-6-8-16/h4-10,15H,11-12H2,1-3H3,(H,24,27)(H,25,26)/t15-/m0/s1. The van der Waals surface area contributed by atoms with Crippen LogP contribution >= 0.6 is 0 Å². The van der Waals surface area contributed by atoms with E-state index in [1.807, 2.05) is 37.3 Å². The first-order valence-electron chi connectivity index (χ1n) is 9.54. The monoisotopic (exact) mass is 409 g/mol. The first-order chi connectivity index (χ1) is 14.3. The molecule has 0 radical (unpaired) electrons. The van der Waals surface area contributed by atoms with Crippen molar-refractivity contribution < 1.29 is 23.8 Å². The van der Waals surface area contributed by atoms with Crippen LogP contribution in [0, 0.1) is 13.8 Å². The van der Waals surface area contributed by atoms with Gasteiger partial charge in [0.25, 0.3) is 5.91 Å². The smallest absolute Gasteiger partial charge is 0.340 e. The van der Waals surface area contributed by atoms with Gasteiger partial charge in [0.1, 0.15) is 17.9 Å². The lowest BCUT2D eigenvalue weighted by Gasteiger charge is -2.17. The lowest BCUT2D eigenvalue weighted by Crippen LogP contribution is -2.39. The number of carboxylic acid groups (broad SMARTS) is 1. The van der Waals surface area contributed by atoms with Gasteiger partial charge in [0, 0.05) is 22.9 Å². The summed E-state index contributed by atoms with van der Waals surface area (Å²) in [5, 5.41) is 11.7. The van der Waals surface area contributed by atoms with Crippen molar-refractivity contribution in [3.63, 3.8) is 0 Å². The van der Waals surface area contributed by atoms with Crippen LogP contribution in [0.15, 0.2) is 51.7 Å². The molecule has 1 amide bonds. The molecule has 1 aromatic heterocycles. The largest absolute Gasteiger partial charge is 0.480 e. The molecule has 1 heterocycles. The normalized spacial score (nSPS) is 11.8. The van der Waals surface area contributed by atoms with E-state index in [1.165, 1.54) is 6.92 Å². The van der Waals surface area contributed by atoms with Crippen molar-refractivity contribution in [3.05, 3.63) is 75.1 Å². The highest BCUT2D eigenvalue weighted by atomic mass is 16.5. The van der Waals surface area contributed by atoms with E-state index >= 15 is 0 Å². The Bertz CT molecular complexity index is 1150. The van der Waals surface area contributed by atoms with Crippen LogP contribution in [0.4, 0.5) is 0 Å². The summed E-state index contributed by atoms with van der Waals surface area (Å²) < 4.78 is 11.3. The number of nitrogens with one attached hydrogen (secondary N) is 1. The Morgan fingerprint density at radius 3 is 2.47 bits per heavy atom. The second kappa shape index (κ2) is 8.82. The van der Waals surface area contributed by atoms with Gasteiger partial charge >= 0.3 is 11.6 Å². The third-order valence-electron chi connectivity index (χ3n) is 4.96. The molecular weight excluding hydrogens is 386 g/mol. The zero-order valence-electron chi connectivity index (χ0n) is 17.0. The van der Waals surface area contributed by atoms with E-state index in [0.717, 1.165) is 16.5 Å². The van der Waals surface area contributed by atoms with Gasteiger partial charge in [-0.15, -0.1) is 0 Å². The second-order valence-corrected chi connectivity index (χ2v) is 7.09. The zero-order chi connectivity index (χ0) is 21.8. The highest BCUT2D eigenvalue weighted by Gasteiger charge is 2.19. The predicted octanol–water partition coefficient (Wildman–Crippen LogP) is 2.97. The van der Waals surface area contributed by atoms with Crippen LogP contribution in [0.2, 0.25) is 0 Å². The summed E-state index contributed by atoms with van der Waals surface area (Å²) in [4.78, 5) is 35.2. The number of aryl methyl sites for hydroxylation is 2. The minimum Gasteiger partial charge on any atom is -0.480 e. The van der Waals surface area contributed by atoms with Crippen LogP contribution < -0.4 is 15.7 Å². The van der Waals surface area contributed by atoms with Crippen LogP contribution in [-0.2, 0) is 16.0 Å². The third kappa shape index (κ3) is 4.51. The van der Waals surface area contributed by atoms with Gasteiger partial charge in [-0.1, -0.05) is 30.3 Å². The first kappa shape index (κ1) is 21.1. The molecule has 0 unspecified atom stereocenters. The van der Waals surface area contributed by atoms with E-state index in [9.17, 15) is 14.4 Å². The van der Waals surface area contributed by atoms with E-state index in [0.29, 0.717) is 28.9 Å². The number of fused-ring (bicyclic) bond motifs is 1. The van der Waals surface area contributed by atoms with Crippen LogP contribution in [0.25, 0.3) is 11.0 Å². The summed E-state index contributed by atoms with van der Waals surface area (Å²) in [7, 11) is 0. The molecule has 0 saturated carbocycles. The predicted molar refractivity (Wildman–Crippen MR) is 112 cm³/mol. The SMILES string of the molecule is Cc1c(Cc2ccccc2)c(=O)oc2c(C)c(O[C@@H](C)C(=O)NCC(=O)O)ccc12. The summed E-state index contributed by atoms with van der Waals surface area (Å²) in [6.45, 7) is 4.67. The molecule has 0 spiro atoms. The van der Waals surface area contributed by atoms with Crippen molar-refractivity contribution in [2.45, 2.75) is 33.3 Å². The Kier molecular flexibility index (Phi) is 6.20. The Morgan fingerprint density at radius 2 is 1.80 bits per heavy atom. The van der Waals surface area contributed by atoms with Crippen molar-refractivity contribution in [2.24, 2.45) is 0 Å². The average molecular weight is 409 g/mol. The van der Waals surface area contributed by atoms with E-state index in [-0.39, 0.29) is 0 Å². The molecule has 0 aliphatic carbocycles. The third-order valence-corrected chi connectivity index (χ3v) is 4.96. The molecule has 0 aliphatic rings. The molecule has 3 rings (SSSR count). The molecule has 30 heavy (non-hydrogen) atoms. The van der Waals surface area contributed by atoms with Gasteiger partial charge in [0.2, 0.25) is 0 Å². The molecule has 0 saturated heterocycles. The Morgan fingerprint density at radius 1 is 1.10 bits per heavy atom. The van der Waals surface area contributed by atoms with Crippen molar-refractivity contribution in [1.29, 1.82) is 0 Å². The van der Waals surface area contributed by atoms with Crippen LogP contribution in [0.1, 0.15) is 29.2 Å². The first-order valence-corrected chi connectivity index (χ1v) is 9.54. The molecule has 7 nitrogen and oxygen atoms in total. The van der Waals surface area contributed by atoms with Gasteiger partial charge in [-0.05, 0) is 44.0 Å². The second-order valence-electron chi connectivity index (χ2n) is 7.09. The average Bonchev–Trinajstić information content (AvgIpc) is 2.72. The van der Waals surface area contributed by atoms with E-state index in [4.69, 9.17) is 14.3 Å². The quantitative estimate of drug-likeness (QED) is 0.581. The molecule has 0 bridgehead atoms. The number of ether oxygens (including phenoxy) is 1. The summed E-state index contributed by atoms with van der Waals surface area (Å²) >= 11 is 0. The number of carbonyl (C=O) groups is 2. The molecule has 0 fully saturated rings. The number of carbonyl (C=O) groups excluding carboxylic acids is 1. The van der Waals surface area contributed by atoms with E-state index in [1.54, 1.807) is 19.1 Å². The summed E-state index contributed by atoms with van der Waals surface area (Å²) in [5.41, 5.74) is 3.05. The number of hydrogen-bond donors (Lipinski definition) is 2. The van der Waals surface area contributed by atoms with Crippen LogP contribution in [0.5, 0.6) is 5.75 Å². The Balaban J connectivity index is 1.91. The molecule has 2 N–H and O–H groups in total. The number of rotatable bonds is 7. The molecule has 156 valence electrons. The maximum absolute atomic E-state index is 12.7. The lowest BCUT2D eigenvalue weighted by atomic mass is 9.98. The van der Waals surface area contributed by atoms with Crippen molar-refractivity contribution in [2.75, 3.05) is 6.54 Å². The van der Waals surface area contributed by atoms with Crippen LogP contribution in [-0.4, -0.2) is 29.6 Å². The van der Waals surface area contributed by atoms with Gasteiger partial charge < -0.3 is 19.6 Å². The molecule has 3 aromatic rings. The van der Waals surface area contributed by atoms with E-state index < -0.39 is 30.2 Å².